The molecule has 0 bridgehead atoms. The number of hydrogen-bond acceptors (Lipinski definition) is 6. The summed E-state index contributed by atoms with van der Waals surface area (Å²) in [5.74, 6) is 1.00. The van der Waals surface area contributed by atoms with Crippen molar-refractivity contribution in [2.45, 2.75) is 13.0 Å². The van der Waals surface area contributed by atoms with Gasteiger partial charge in [0.15, 0.2) is 11.5 Å². The zero-order valence-electron chi connectivity index (χ0n) is 18.0. The van der Waals surface area contributed by atoms with Gasteiger partial charge in [-0.1, -0.05) is 17.7 Å². The Morgan fingerprint density at radius 1 is 1.19 bits per heavy atom. The van der Waals surface area contributed by atoms with E-state index < -0.39 is 6.04 Å². The van der Waals surface area contributed by atoms with E-state index in [1.165, 1.54) is 6.07 Å². The number of phenols is 1. The Morgan fingerprint density at radius 2 is 2.00 bits per heavy atom. The highest BCUT2D eigenvalue weighted by Gasteiger charge is 2.42. The minimum atomic E-state index is -0.468. The molecule has 2 heterocycles. The lowest BCUT2D eigenvalue weighted by Crippen LogP contribution is -2.32. The summed E-state index contributed by atoms with van der Waals surface area (Å²) in [4.78, 5) is 15.0. The highest BCUT2D eigenvalue weighted by Crippen LogP contribution is 2.46. The highest BCUT2D eigenvalue weighted by molar-refractivity contribution is 6.31. The Labute approximate surface area is 190 Å². The average Bonchev–Trinajstić information content (AvgIpc) is 3.33. The number of H-pyrrole nitrogens is 1. The number of aromatic amines is 1. The Hall–Kier alpha value is -3.23. The van der Waals surface area contributed by atoms with E-state index in [1.54, 1.807) is 31.3 Å². The molecule has 3 aromatic rings. The number of ether oxygens (including phenoxy) is 3. The van der Waals surface area contributed by atoms with Crippen molar-refractivity contribution in [3.8, 4) is 28.5 Å². The number of carbonyl (C=O) groups is 1. The highest BCUT2D eigenvalue weighted by atomic mass is 35.5. The maximum atomic E-state index is 13.3. The number of aromatic nitrogens is 2. The van der Waals surface area contributed by atoms with Crippen LogP contribution in [0.15, 0.2) is 36.4 Å². The van der Waals surface area contributed by atoms with Gasteiger partial charge in [0.2, 0.25) is 0 Å². The molecule has 1 aromatic heterocycles. The number of fused-ring (bicyclic) bond motifs is 1. The summed E-state index contributed by atoms with van der Waals surface area (Å²) < 4.78 is 16.4. The number of methoxy groups -OCH3 is 2. The van der Waals surface area contributed by atoms with Crippen LogP contribution in [0.3, 0.4) is 0 Å². The van der Waals surface area contributed by atoms with Gasteiger partial charge in [-0.05, 0) is 42.8 Å². The third-order valence-corrected chi connectivity index (χ3v) is 5.65. The molecule has 0 radical (unpaired) electrons. The Morgan fingerprint density at radius 3 is 2.72 bits per heavy atom. The van der Waals surface area contributed by atoms with Crippen LogP contribution in [0, 0.1) is 0 Å². The molecule has 8 nitrogen and oxygen atoms in total. The lowest BCUT2D eigenvalue weighted by Gasteiger charge is -2.26. The smallest absolute Gasteiger partial charge is 0.273 e. The molecule has 0 fully saturated rings. The average molecular weight is 458 g/mol. The van der Waals surface area contributed by atoms with Gasteiger partial charge in [0.05, 0.1) is 26.4 Å². The van der Waals surface area contributed by atoms with E-state index in [-0.39, 0.29) is 11.7 Å². The van der Waals surface area contributed by atoms with Crippen LogP contribution in [-0.4, -0.2) is 60.1 Å². The molecule has 0 saturated carbocycles. The molecule has 2 aromatic carbocycles. The summed E-state index contributed by atoms with van der Waals surface area (Å²) in [6.45, 7) is 3.14. The van der Waals surface area contributed by atoms with Crippen molar-refractivity contribution in [2.75, 3.05) is 34.0 Å². The zero-order chi connectivity index (χ0) is 22.8. The predicted molar refractivity (Wildman–Crippen MR) is 120 cm³/mol. The first-order chi connectivity index (χ1) is 15.5. The number of halogens is 1. The van der Waals surface area contributed by atoms with Gasteiger partial charge in [0.25, 0.3) is 5.91 Å². The third-order valence-electron chi connectivity index (χ3n) is 5.42. The fraction of sp³-hybridized carbons (Fsp3) is 0.304. The Bertz CT molecular complexity index is 1150. The minimum absolute atomic E-state index is 0.0227. The summed E-state index contributed by atoms with van der Waals surface area (Å²) in [5, 5.41) is 18.1. The van der Waals surface area contributed by atoms with Crippen LogP contribution in [-0.2, 0) is 4.74 Å². The topological polar surface area (TPSA) is 96.9 Å². The zero-order valence-corrected chi connectivity index (χ0v) is 18.8. The second-order valence-electron chi connectivity index (χ2n) is 7.26. The van der Waals surface area contributed by atoms with Gasteiger partial charge in [0, 0.05) is 29.8 Å². The van der Waals surface area contributed by atoms with E-state index in [9.17, 15) is 9.90 Å². The fourth-order valence-electron chi connectivity index (χ4n) is 4.00. The van der Waals surface area contributed by atoms with Gasteiger partial charge in [-0.3, -0.25) is 9.89 Å². The van der Waals surface area contributed by atoms with Gasteiger partial charge < -0.3 is 24.2 Å². The number of rotatable bonds is 8. The van der Waals surface area contributed by atoms with E-state index >= 15 is 0 Å². The van der Waals surface area contributed by atoms with Gasteiger partial charge in [-0.2, -0.15) is 5.10 Å². The van der Waals surface area contributed by atoms with Crippen LogP contribution >= 0.6 is 11.6 Å². The quantitative estimate of drug-likeness (QED) is 0.530. The van der Waals surface area contributed by atoms with Crippen molar-refractivity contribution in [2.24, 2.45) is 0 Å². The van der Waals surface area contributed by atoms with Crippen LogP contribution in [0.1, 0.15) is 34.6 Å². The van der Waals surface area contributed by atoms with E-state index in [4.69, 9.17) is 25.8 Å². The number of nitrogens with one attached hydrogen (secondary N) is 1. The minimum Gasteiger partial charge on any atom is -0.507 e. The van der Waals surface area contributed by atoms with Gasteiger partial charge >= 0.3 is 0 Å². The van der Waals surface area contributed by atoms with Crippen LogP contribution in [0.25, 0.3) is 11.3 Å². The molecule has 32 heavy (non-hydrogen) atoms. The molecule has 9 heteroatoms. The molecule has 1 unspecified atom stereocenters. The first-order valence-corrected chi connectivity index (χ1v) is 10.6. The monoisotopic (exact) mass is 457 g/mol. The Kier molecular flexibility index (Phi) is 6.25. The second kappa shape index (κ2) is 9.10. The largest absolute Gasteiger partial charge is 0.507 e. The van der Waals surface area contributed by atoms with Crippen molar-refractivity contribution in [1.29, 1.82) is 0 Å². The molecule has 0 aliphatic carbocycles. The van der Waals surface area contributed by atoms with E-state index in [0.29, 0.717) is 58.8 Å². The molecular weight excluding hydrogens is 434 g/mol. The number of nitrogens with zero attached hydrogens (tertiary/aromatic N) is 2. The maximum Gasteiger partial charge on any atom is 0.273 e. The molecule has 0 spiro atoms. The standard InChI is InChI=1S/C23H24ClN3O5/c1-4-32-17-8-5-13(11-18(17)31-3)22-19-20(15-12-14(24)6-7-16(15)28)25-26-21(19)23(29)27(22)9-10-30-2/h5-8,11-12,22,28H,4,9-10H2,1-3H3,(H,25,26). The SMILES string of the molecule is CCOc1ccc(C2c3c(-c4cc(Cl)ccc4O)n[nH]c3C(=O)N2CCOC)cc1OC. The molecule has 1 aliphatic heterocycles. The summed E-state index contributed by atoms with van der Waals surface area (Å²) in [7, 11) is 3.16. The van der Waals surface area contributed by atoms with Crippen molar-refractivity contribution in [3.05, 3.63) is 58.2 Å². The number of aromatic hydroxyl groups is 1. The summed E-state index contributed by atoms with van der Waals surface area (Å²) in [6, 6.07) is 9.84. The van der Waals surface area contributed by atoms with Crippen LogP contribution < -0.4 is 9.47 Å². The normalized spacial score (nSPS) is 15.2. The number of carbonyl (C=O) groups excluding carboxylic acids is 1. The first-order valence-electron chi connectivity index (χ1n) is 10.2. The van der Waals surface area contributed by atoms with Crippen LogP contribution in [0.2, 0.25) is 5.02 Å². The van der Waals surface area contributed by atoms with E-state index in [1.807, 2.05) is 25.1 Å². The lowest BCUT2D eigenvalue weighted by atomic mass is 9.95. The fourth-order valence-corrected chi connectivity index (χ4v) is 4.17. The molecule has 168 valence electrons. The van der Waals surface area contributed by atoms with Crippen LogP contribution in [0.4, 0.5) is 0 Å². The van der Waals surface area contributed by atoms with Crippen molar-refractivity contribution in [3.63, 3.8) is 0 Å². The Balaban J connectivity index is 1.88. The molecule has 1 atom stereocenters. The second-order valence-corrected chi connectivity index (χ2v) is 7.70. The molecule has 2 N–H and O–H groups in total. The number of amides is 1. The van der Waals surface area contributed by atoms with Gasteiger partial charge in [-0.15, -0.1) is 0 Å². The number of phenolic OH excluding ortho intramolecular Hbond substituents is 1. The summed E-state index contributed by atoms with van der Waals surface area (Å²) >= 11 is 6.18. The maximum absolute atomic E-state index is 13.3. The lowest BCUT2D eigenvalue weighted by molar-refractivity contribution is 0.0677. The third kappa shape index (κ3) is 3.76. The van der Waals surface area contributed by atoms with Crippen LogP contribution in [0.5, 0.6) is 17.2 Å². The van der Waals surface area contributed by atoms with Crippen molar-refractivity contribution in [1.82, 2.24) is 15.1 Å². The molecule has 4 rings (SSSR count). The molecule has 1 aliphatic rings. The molecule has 1 amide bonds. The first kappa shape index (κ1) is 22.0. The summed E-state index contributed by atoms with van der Waals surface area (Å²) in [6.07, 6.45) is 0. The molecular formula is C23H24ClN3O5. The number of benzene rings is 2. The predicted octanol–water partition coefficient (Wildman–Crippen LogP) is 4.03. The van der Waals surface area contributed by atoms with Crippen molar-refractivity contribution >= 4 is 17.5 Å². The van der Waals surface area contributed by atoms with Gasteiger partial charge in [-0.25, -0.2) is 0 Å². The van der Waals surface area contributed by atoms with Gasteiger partial charge in [0.1, 0.15) is 17.1 Å². The van der Waals surface area contributed by atoms with E-state index in [2.05, 4.69) is 10.2 Å². The molecule has 0 saturated heterocycles. The summed E-state index contributed by atoms with van der Waals surface area (Å²) in [5.41, 5.74) is 2.76. The van der Waals surface area contributed by atoms with Crippen molar-refractivity contribution < 1.29 is 24.1 Å². The van der Waals surface area contributed by atoms with E-state index in [0.717, 1.165) is 5.56 Å². The number of hydrogen-bond donors (Lipinski definition) is 2.